The van der Waals surface area contributed by atoms with Gasteiger partial charge in [0.15, 0.2) is 11.6 Å². The van der Waals surface area contributed by atoms with E-state index in [1.54, 1.807) is 0 Å². The van der Waals surface area contributed by atoms with Gasteiger partial charge in [-0.2, -0.15) is 0 Å². The molecule has 1 rings (SSSR count). The molecule has 3 nitrogen and oxygen atoms in total. The van der Waals surface area contributed by atoms with E-state index in [-0.39, 0.29) is 23.0 Å². The van der Waals surface area contributed by atoms with Gasteiger partial charge in [0.05, 0.1) is 7.11 Å². The summed E-state index contributed by atoms with van der Waals surface area (Å²) in [6.45, 7) is 0.101. The highest BCUT2D eigenvalue weighted by Gasteiger charge is 2.13. The highest BCUT2D eigenvalue weighted by atomic mass is 35.5. The van der Waals surface area contributed by atoms with Crippen LogP contribution in [0.25, 0.3) is 0 Å². The first-order chi connectivity index (χ1) is 6.20. The molecule has 0 bridgehead atoms. The molecule has 0 heterocycles. The second-order valence-corrected chi connectivity index (χ2v) is 2.48. The van der Waals surface area contributed by atoms with E-state index in [4.69, 9.17) is 16.3 Å². The second-order valence-electron chi connectivity index (χ2n) is 2.11. The van der Waals surface area contributed by atoms with Crippen molar-refractivity contribution in [2.45, 2.75) is 0 Å². The lowest BCUT2D eigenvalue weighted by Gasteiger charge is -2.06. The molecule has 0 fully saturated rings. The molecule has 0 spiro atoms. The summed E-state index contributed by atoms with van der Waals surface area (Å²) in [6.07, 6.45) is 0. The molecular weight excluding hydrogens is 199 g/mol. The van der Waals surface area contributed by atoms with Crippen molar-refractivity contribution >= 4 is 18.1 Å². The van der Waals surface area contributed by atoms with Crippen LogP contribution in [0.3, 0.4) is 0 Å². The van der Waals surface area contributed by atoms with Crippen LogP contribution in [0.5, 0.6) is 11.5 Å². The third kappa shape index (κ3) is 1.89. The summed E-state index contributed by atoms with van der Waals surface area (Å²) in [6, 6.07) is 2.44. The standard InChI is InChI=1S/C8H6ClFO3/c1-12-6-3-2-5(10)8(7(6)9)13-4-11/h2-4H,1H3. The van der Waals surface area contributed by atoms with Crippen molar-refractivity contribution in [3.05, 3.63) is 23.0 Å². The number of halogens is 2. The van der Waals surface area contributed by atoms with Crippen molar-refractivity contribution in [2.75, 3.05) is 7.11 Å². The molecule has 0 amide bonds. The normalized spacial score (nSPS) is 9.46. The zero-order valence-electron chi connectivity index (χ0n) is 6.71. The van der Waals surface area contributed by atoms with E-state index in [9.17, 15) is 9.18 Å². The van der Waals surface area contributed by atoms with Gasteiger partial charge in [-0.15, -0.1) is 0 Å². The number of rotatable bonds is 3. The van der Waals surface area contributed by atoms with Crippen LogP contribution < -0.4 is 9.47 Å². The number of hydrogen-bond donors (Lipinski definition) is 0. The molecule has 0 aromatic heterocycles. The second kappa shape index (κ2) is 4.09. The van der Waals surface area contributed by atoms with Crippen LogP contribution in [0, 0.1) is 5.82 Å². The summed E-state index contributed by atoms with van der Waals surface area (Å²) in [7, 11) is 1.38. The summed E-state index contributed by atoms with van der Waals surface area (Å²) in [5.41, 5.74) is 0. The average Bonchev–Trinajstić information content (AvgIpc) is 2.12. The van der Waals surface area contributed by atoms with E-state index in [0.717, 1.165) is 6.07 Å². The lowest BCUT2D eigenvalue weighted by atomic mass is 10.3. The molecular formula is C8H6ClFO3. The minimum Gasteiger partial charge on any atom is -0.495 e. The SMILES string of the molecule is COc1ccc(F)c(OC=O)c1Cl. The van der Waals surface area contributed by atoms with Gasteiger partial charge in [-0.3, -0.25) is 4.79 Å². The number of ether oxygens (including phenoxy) is 2. The summed E-state index contributed by atoms with van der Waals surface area (Å²) in [5.74, 6) is -0.783. The van der Waals surface area contributed by atoms with Gasteiger partial charge < -0.3 is 9.47 Å². The van der Waals surface area contributed by atoms with E-state index in [1.807, 2.05) is 0 Å². The maximum Gasteiger partial charge on any atom is 0.298 e. The Bertz CT molecular complexity index is 327. The van der Waals surface area contributed by atoms with Crippen molar-refractivity contribution in [2.24, 2.45) is 0 Å². The Hall–Kier alpha value is -1.29. The summed E-state index contributed by atoms with van der Waals surface area (Å²) in [5, 5.41) is -0.0606. The molecule has 0 atom stereocenters. The molecule has 1 aromatic rings. The van der Waals surface area contributed by atoms with Crippen LogP contribution in [0.2, 0.25) is 5.02 Å². The van der Waals surface area contributed by atoms with Crippen molar-refractivity contribution in [3.8, 4) is 11.5 Å². The van der Waals surface area contributed by atoms with Crippen LogP contribution in [0.1, 0.15) is 0 Å². The van der Waals surface area contributed by atoms with Gasteiger partial charge in [0.1, 0.15) is 10.8 Å². The van der Waals surface area contributed by atoms with E-state index >= 15 is 0 Å². The lowest BCUT2D eigenvalue weighted by molar-refractivity contribution is -0.120. The Morgan fingerprint density at radius 3 is 2.77 bits per heavy atom. The molecule has 70 valence electrons. The van der Waals surface area contributed by atoms with Gasteiger partial charge in [-0.05, 0) is 12.1 Å². The Morgan fingerprint density at radius 1 is 1.54 bits per heavy atom. The Morgan fingerprint density at radius 2 is 2.23 bits per heavy atom. The number of hydrogen-bond acceptors (Lipinski definition) is 3. The molecule has 5 heteroatoms. The molecule has 0 unspecified atom stereocenters. The predicted octanol–water partition coefficient (Wildman–Crippen LogP) is 2.02. The minimum atomic E-state index is -0.710. The van der Waals surface area contributed by atoms with Crippen LogP contribution in [0.15, 0.2) is 12.1 Å². The highest BCUT2D eigenvalue weighted by molar-refractivity contribution is 6.33. The van der Waals surface area contributed by atoms with Crippen LogP contribution >= 0.6 is 11.6 Å². The molecule has 0 aliphatic rings. The minimum absolute atomic E-state index is 0.0606. The number of methoxy groups -OCH3 is 1. The van der Waals surface area contributed by atoms with Crippen molar-refractivity contribution < 1.29 is 18.7 Å². The zero-order chi connectivity index (χ0) is 9.84. The summed E-state index contributed by atoms with van der Waals surface area (Å²) >= 11 is 5.64. The fourth-order valence-electron chi connectivity index (χ4n) is 0.828. The summed E-state index contributed by atoms with van der Waals surface area (Å²) < 4.78 is 22.1. The van der Waals surface area contributed by atoms with Crippen LogP contribution in [-0.4, -0.2) is 13.6 Å². The largest absolute Gasteiger partial charge is 0.495 e. The third-order valence-electron chi connectivity index (χ3n) is 1.40. The quantitative estimate of drug-likeness (QED) is 0.707. The molecule has 0 N–H and O–H groups in total. The molecule has 0 radical (unpaired) electrons. The zero-order valence-corrected chi connectivity index (χ0v) is 7.47. The maximum absolute atomic E-state index is 12.9. The first-order valence-electron chi connectivity index (χ1n) is 3.33. The number of carbonyl (C=O) groups excluding carboxylic acids is 1. The van der Waals surface area contributed by atoms with Gasteiger partial charge in [0.25, 0.3) is 6.47 Å². The molecule has 1 aromatic carbocycles. The van der Waals surface area contributed by atoms with E-state index in [2.05, 4.69) is 4.74 Å². The first-order valence-corrected chi connectivity index (χ1v) is 3.70. The van der Waals surface area contributed by atoms with Crippen molar-refractivity contribution in [1.82, 2.24) is 0 Å². The van der Waals surface area contributed by atoms with E-state index < -0.39 is 5.82 Å². The molecule has 0 saturated heterocycles. The molecule has 13 heavy (non-hydrogen) atoms. The van der Waals surface area contributed by atoms with Crippen molar-refractivity contribution in [3.63, 3.8) is 0 Å². The maximum atomic E-state index is 12.9. The van der Waals surface area contributed by atoms with Gasteiger partial charge >= 0.3 is 0 Å². The number of benzene rings is 1. The highest BCUT2D eigenvalue weighted by Crippen LogP contribution is 2.35. The Labute approximate surface area is 79.0 Å². The third-order valence-corrected chi connectivity index (χ3v) is 1.76. The van der Waals surface area contributed by atoms with Gasteiger partial charge in [-0.1, -0.05) is 11.6 Å². The average molecular weight is 205 g/mol. The lowest BCUT2D eigenvalue weighted by Crippen LogP contribution is -1.95. The number of carbonyl (C=O) groups is 1. The van der Waals surface area contributed by atoms with E-state index in [1.165, 1.54) is 13.2 Å². The first kappa shape index (κ1) is 9.80. The van der Waals surface area contributed by atoms with Gasteiger partial charge in [0.2, 0.25) is 0 Å². The fourth-order valence-corrected chi connectivity index (χ4v) is 1.10. The smallest absolute Gasteiger partial charge is 0.298 e. The Balaban J connectivity index is 3.20. The van der Waals surface area contributed by atoms with Crippen molar-refractivity contribution in [1.29, 1.82) is 0 Å². The topological polar surface area (TPSA) is 35.5 Å². The fraction of sp³-hybridized carbons (Fsp3) is 0.125. The van der Waals surface area contributed by atoms with Gasteiger partial charge in [-0.25, -0.2) is 4.39 Å². The monoisotopic (exact) mass is 204 g/mol. The molecule has 0 aliphatic heterocycles. The van der Waals surface area contributed by atoms with Crippen LogP contribution in [-0.2, 0) is 4.79 Å². The molecule has 0 saturated carbocycles. The summed E-state index contributed by atoms with van der Waals surface area (Å²) in [4.78, 5) is 9.99. The van der Waals surface area contributed by atoms with Gasteiger partial charge in [0, 0.05) is 0 Å². The van der Waals surface area contributed by atoms with Crippen LogP contribution in [0.4, 0.5) is 4.39 Å². The Kier molecular flexibility index (Phi) is 3.08. The predicted molar refractivity (Wildman–Crippen MR) is 44.7 cm³/mol. The molecule has 0 aliphatic carbocycles. The van der Waals surface area contributed by atoms with E-state index in [0.29, 0.717) is 0 Å².